The minimum atomic E-state index is -0.732. The average Bonchev–Trinajstić information content (AvgIpc) is 2.80. The zero-order valence-electron chi connectivity index (χ0n) is 18.2. The highest BCUT2D eigenvalue weighted by Gasteiger charge is 2.26. The molecule has 7 nitrogen and oxygen atoms in total. The number of hydrogen-bond donors (Lipinski definition) is 2. The third kappa shape index (κ3) is 4.33. The lowest BCUT2D eigenvalue weighted by molar-refractivity contribution is -0.143. The Hall–Kier alpha value is -3.35. The number of fused-ring (bicyclic) bond motifs is 3. The molecule has 1 aromatic heterocycles. The highest BCUT2D eigenvalue weighted by atomic mass is 16.5. The van der Waals surface area contributed by atoms with Gasteiger partial charge < -0.3 is 19.6 Å². The van der Waals surface area contributed by atoms with E-state index in [4.69, 9.17) is 14.3 Å². The van der Waals surface area contributed by atoms with Gasteiger partial charge in [-0.3, -0.25) is 9.59 Å². The molecular weight excluding hydrogens is 410 g/mol. The zero-order valence-corrected chi connectivity index (χ0v) is 18.2. The molecular formula is C25H27NO6. The number of benzene rings is 2. The first-order chi connectivity index (χ1) is 15.3. The summed E-state index contributed by atoms with van der Waals surface area (Å²) in [5.74, 6) is -0.460. The molecule has 1 atom stereocenters. The highest BCUT2D eigenvalue weighted by molar-refractivity contribution is 6.05. The van der Waals surface area contributed by atoms with Crippen molar-refractivity contribution in [2.24, 2.45) is 11.8 Å². The lowest BCUT2D eigenvalue weighted by Gasteiger charge is -2.26. The fraction of sp³-hybridized carbons (Fsp3) is 0.400. The van der Waals surface area contributed by atoms with Crippen LogP contribution in [0, 0.1) is 18.8 Å². The largest absolute Gasteiger partial charge is 0.481 e. The Bertz CT molecular complexity index is 1220. The average molecular weight is 437 g/mol. The molecule has 1 saturated carbocycles. The van der Waals surface area contributed by atoms with E-state index in [2.05, 4.69) is 5.32 Å². The topological polar surface area (TPSA) is 106 Å². The van der Waals surface area contributed by atoms with Crippen molar-refractivity contribution in [1.82, 2.24) is 5.32 Å². The number of hydrogen-bond acceptors (Lipinski definition) is 5. The fourth-order valence-electron chi connectivity index (χ4n) is 4.43. The predicted octanol–water partition coefficient (Wildman–Crippen LogP) is 4.03. The van der Waals surface area contributed by atoms with E-state index in [1.165, 1.54) is 0 Å². The number of carboxylic acids is 1. The number of carbonyl (C=O) groups is 2. The maximum Gasteiger partial charge on any atom is 0.344 e. The normalized spacial score (nSPS) is 19.6. The van der Waals surface area contributed by atoms with Gasteiger partial charge in [-0.15, -0.1) is 0 Å². The van der Waals surface area contributed by atoms with Crippen LogP contribution in [0.4, 0.5) is 0 Å². The predicted molar refractivity (Wildman–Crippen MR) is 121 cm³/mol. The monoisotopic (exact) mass is 437 g/mol. The molecule has 1 fully saturated rings. The summed E-state index contributed by atoms with van der Waals surface area (Å²) in [5.41, 5.74) is 0.711. The van der Waals surface area contributed by atoms with Gasteiger partial charge in [-0.25, -0.2) is 4.79 Å². The molecule has 2 aromatic carbocycles. The van der Waals surface area contributed by atoms with E-state index in [1.807, 2.05) is 18.2 Å². The quantitative estimate of drug-likeness (QED) is 0.446. The number of carbonyl (C=O) groups excluding carboxylic acids is 1. The second-order valence-corrected chi connectivity index (χ2v) is 8.56. The molecule has 0 unspecified atom stereocenters. The minimum absolute atomic E-state index is 0.232. The van der Waals surface area contributed by atoms with Crippen LogP contribution < -0.4 is 15.7 Å². The Morgan fingerprint density at radius 2 is 1.78 bits per heavy atom. The number of rotatable bonds is 6. The SMILES string of the molecule is Cc1c(O[C@H](C)C(=O)NCC2CCC(C(=O)O)CC2)ccc2c1oc(=O)c1ccccc12. The van der Waals surface area contributed by atoms with Gasteiger partial charge in [0.05, 0.1) is 11.3 Å². The molecule has 0 bridgehead atoms. The molecule has 1 amide bonds. The van der Waals surface area contributed by atoms with Crippen LogP contribution in [0.5, 0.6) is 5.75 Å². The molecule has 168 valence electrons. The molecule has 1 aliphatic rings. The highest BCUT2D eigenvalue weighted by Crippen LogP contribution is 2.31. The van der Waals surface area contributed by atoms with Crippen molar-refractivity contribution in [3.8, 4) is 5.75 Å². The lowest BCUT2D eigenvalue weighted by atomic mass is 9.82. The summed E-state index contributed by atoms with van der Waals surface area (Å²) >= 11 is 0. The summed E-state index contributed by atoms with van der Waals surface area (Å²) in [5, 5.41) is 14.2. The van der Waals surface area contributed by atoms with E-state index in [0.29, 0.717) is 41.7 Å². The van der Waals surface area contributed by atoms with Crippen molar-refractivity contribution in [2.75, 3.05) is 6.54 Å². The van der Waals surface area contributed by atoms with E-state index < -0.39 is 17.7 Å². The van der Waals surface area contributed by atoms with E-state index >= 15 is 0 Å². The first kappa shape index (κ1) is 21.9. The maximum absolute atomic E-state index is 12.6. The summed E-state index contributed by atoms with van der Waals surface area (Å²) in [6.45, 7) is 3.99. The van der Waals surface area contributed by atoms with Gasteiger partial charge in [-0.1, -0.05) is 18.2 Å². The molecule has 0 radical (unpaired) electrons. The van der Waals surface area contributed by atoms with Gasteiger partial charge in [0.1, 0.15) is 11.3 Å². The smallest absolute Gasteiger partial charge is 0.344 e. The maximum atomic E-state index is 12.6. The van der Waals surface area contributed by atoms with E-state index in [1.54, 1.807) is 32.0 Å². The van der Waals surface area contributed by atoms with Gasteiger partial charge in [0.2, 0.25) is 0 Å². The number of nitrogens with one attached hydrogen (secondary N) is 1. The first-order valence-electron chi connectivity index (χ1n) is 11.0. The molecule has 1 heterocycles. The van der Waals surface area contributed by atoms with Gasteiger partial charge in [-0.2, -0.15) is 0 Å². The molecule has 0 aliphatic heterocycles. The number of amides is 1. The Morgan fingerprint density at radius 3 is 2.47 bits per heavy atom. The summed E-state index contributed by atoms with van der Waals surface area (Å²) in [7, 11) is 0. The lowest BCUT2D eigenvalue weighted by Crippen LogP contribution is -2.39. The van der Waals surface area contributed by atoms with E-state index in [9.17, 15) is 14.4 Å². The van der Waals surface area contributed by atoms with Gasteiger partial charge >= 0.3 is 11.6 Å². The fourth-order valence-corrected chi connectivity index (χ4v) is 4.43. The standard InChI is InChI=1S/C25H27NO6/c1-14-21(12-11-19-18-5-3-4-6-20(18)25(30)32-22(14)19)31-15(2)23(27)26-13-16-7-9-17(10-8-16)24(28)29/h3-6,11-12,15-17H,7-10,13H2,1-2H3,(H,26,27)(H,28,29)/t15-,16?,17?/m1/s1. The molecule has 1 aliphatic carbocycles. The molecule has 4 rings (SSSR count). The number of ether oxygens (including phenoxy) is 1. The molecule has 32 heavy (non-hydrogen) atoms. The van der Waals surface area contributed by atoms with Crippen LogP contribution >= 0.6 is 0 Å². The van der Waals surface area contributed by atoms with Crippen LogP contribution in [0.2, 0.25) is 0 Å². The summed E-state index contributed by atoms with van der Waals surface area (Å²) in [6.07, 6.45) is 2.16. The summed E-state index contributed by atoms with van der Waals surface area (Å²) in [4.78, 5) is 36.0. The van der Waals surface area contributed by atoms with Gasteiger partial charge in [0.15, 0.2) is 6.10 Å². The Kier molecular flexibility index (Phi) is 6.17. The summed E-state index contributed by atoms with van der Waals surface area (Å²) < 4.78 is 11.5. The summed E-state index contributed by atoms with van der Waals surface area (Å²) in [6, 6.07) is 10.9. The molecule has 7 heteroatoms. The second-order valence-electron chi connectivity index (χ2n) is 8.56. The Labute approximate surface area is 185 Å². The van der Waals surface area contributed by atoms with Crippen LogP contribution in [-0.4, -0.2) is 29.6 Å². The van der Waals surface area contributed by atoms with Crippen molar-refractivity contribution in [1.29, 1.82) is 0 Å². The zero-order chi connectivity index (χ0) is 22.8. The van der Waals surface area contributed by atoms with Gasteiger partial charge in [-0.05, 0) is 69.0 Å². The van der Waals surface area contributed by atoms with Crippen LogP contribution in [0.25, 0.3) is 21.7 Å². The van der Waals surface area contributed by atoms with Gasteiger partial charge in [0, 0.05) is 17.5 Å². The van der Waals surface area contributed by atoms with Crippen LogP contribution in [0.15, 0.2) is 45.6 Å². The first-order valence-corrected chi connectivity index (χ1v) is 11.0. The van der Waals surface area contributed by atoms with Crippen LogP contribution in [-0.2, 0) is 9.59 Å². The molecule has 0 saturated heterocycles. The third-order valence-electron chi connectivity index (χ3n) is 6.42. The Balaban J connectivity index is 1.43. The van der Waals surface area contributed by atoms with Crippen molar-refractivity contribution >= 4 is 33.6 Å². The van der Waals surface area contributed by atoms with Crippen molar-refractivity contribution < 1.29 is 23.8 Å². The molecule has 3 aromatic rings. The van der Waals surface area contributed by atoms with Crippen molar-refractivity contribution in [3.05, 3.63) is 52.4 Å². The van der Waals surface area contributed by atoms with Crippen molar-refractivity contribution in [3.63, 3.8) is 0 Å². The van der Waals surface area contributed by atoms with E-state index in [0.717, 1.165) is 23.6 Å². The third-order valence-corrected chi connectivity index (χ3v) is 6.42. The van der Waals surface area contributed by atoms with Crippen LogP contribution in [0.3, 0.4) is 0 Å². The van der Waals surface area contributed by atoms with Gasteiger partial charge in [0.25, 0.3) is 5.91 Å². The number of aliphatic carboxylic acids is 1. The molecule has 0 spiro atoms. The Morgan fingerprint density at radius 1 is 1.09 bits per heavy atom. The number of carboxylic acid groups (broad SMARTS) is 1. The molecule has 2 N–H and O–H groups in total. The minimum Gasteiger partial charge on any atom is -0.481 e. The second kappa shape index (κ2) is 9.02. The van der Waals surface area contributed by atoms with Crippen LogP contribution in [0.1, 0.15) is 38.2 Å². The van der Waals surface area contributed by atoms with E-state index in [-0.39, 0.29) is 17.7 Å². The number of aryl methyl sites for hydroxylation is 1. The van der Waals surface area contributed by atoms with Crippen molar-refractivity contribution in [2.45, 2.75) is 45.6 Å².